The molecule has 2 heterocycles. The highest BCUT2D eigenvalue weighted by molar-refractivity contribution is 7.89. The lowest BCUT2D eigenvalue weighted by Crippen LogP contribution is -2.55. The van der Waals surface area contributed by atoms with Crippen molar-refractivity contribution in [3.63, 3.8) is 0 Å². The second-order valence-corrected chi connectivity index (χ2v) is 17.4. The number of nitrogens with zero attached hydrogens (tertiary/aromatic N) is 1. The number of ether oxygens (including phenoxy) is 2. The second-order valence-electron chi connectivity index (χ2n) is 14.8. The van der Waals surface area contributed by atoms with Gasteiger partial charge in [0, 0.05) is 34.0 Å². The van der Waals surface area contributed by atoms with Gasteiger partial charge in [0.25, 0.3) is 5.91 Å². The summed E-state index contributed by atoms with van der Waals surface area (Å²) in [5.74, 6) is -1.26. The predicted octanol–water partition coefficient (Wildman–Crippen LogP) is 8.21. The van der Waals surface area contributed by atoms with E-state index in [1.54, 1.807) is 55.1 Å². The van der Waals surface area contributed by atoms with E-state index in [1.165, 1.54) is 12.1 Å². The van der Waals surface area contributed by atoms with Gasteiger partial charge in [-0.3, -0.25) is 9.69 Å². The Hall–Kier alpha value is -3.38. The first kappa shape index (κ1) is 38.8. The van der Waals surface area contributed by atoms with Crippen molar-refractivity contribution in [2.45, 2.75) is 83.8 Å². The number of carbonyl (C=O) groups is 2. The Bertz CT molecular complexity index is 1930. The number of halogens is 3. The van der Waals surface area contributed by atoms with Crippen LogP contribution in [0.15, 0.2) is 54.6 Å². The van der Waals surface area contributed by atoms with Crippen molar-refractivity contribution in [2.24, 2.45) is 5.41 Å². The fraction of sp³-hybridized carbons (Fsp3) is 0.474. The maximum Gasteiger partial charge on any atom is 0.414 e. The molecule has 9 nitrogen and oxygen atoms in total. The normalized spacial score (nSPS) is 20.6. The highest BCUT2D eigenvalue weighted by Gasteiger charge is 2.58. The van der Waals surface area contributed by atoms with Crippen LogP contribution < -0.4 is 19.7 Å². The number of rotatable bonds is 9. The lowest BCUT2D eigenvalue weighted by Gasteiger charge is -2.49. The van der Waals surface area contributed by atoms with Crippen LogP contribution in [0.2, 0.25) is 10.0 Å². The number of hydrogen-bond donors (Lipinski definition) is 2. The van der Waals surface area contributed by atoms with Gasteiger partial charge >= 0.3 is 6.09 Å². The van der Waals surface area contributed by atoms with Crippen molar-refractivity contribution in [3.05, 3.63) is 92.7 Å². The molecule has 1 saturated heterocycles. The van der Waals surface area contributed by atoms with E-state index in [4.69, 9.17) is 32.7 Å². The topological polar surface area (TPSA) is 114 Å². The van der Waals surface area contributed by atoms with Gasteiger partial charge in [0.05, 0.1) is 18.6 Å². The number of amides is 2. The maximum atomic E-state index is 15.1. The first-order valence-electron chi connectivity index (χ1n) is 17.1. The average molecular weight is 763 g/mol. The Balaban J connectivity index is 1.76. The van der Waals surface area contributed by atoms with Gasteiger partial charge in [0.15, 0.2) is 5.60 Å². The molecule has 3 atom stereocenters. The predicted molar refractivity (Wildman–Crippen MR) is 199 cm³/mol. The lowest BCUT2D eigenvalue weighted by molar-refractivity contribution is -0.135. The molecule has 2 amide bonds. The summed E-state index contributed by atoms with van der Waals surface area (Å²) in [7, 11) is -3.89. The van der Waals surface area contributed by atoms with Crippen LogP contribution in [0.4, 0.5) is 14.9 Å². The summed E-state index contributed by atoms with van der Waals surface area (Å²) in [6, 6.07) is 14.7. The molecule has 0 aromatic heterocycles. The van der Waals surface area contributed by atoms with Gasteiger partial charge < -0.3 is 14.8 Å². The lowest BCUT2D eigenvalue weighted by atomic mass is 9.59. The molecule has 0 saturated carbocycles. The van der Waals surface area contributed by atoms with Gasteiger partial charge in [-0.2, -0.15) is 0 Å². The number of aryl methyl sites for hydroxylation is 1. The summed E-state index contributed by atoms with van der Waals surface area (Å²) < 4.78 is 54.0. The molecule has 51 heavy (non-hydrogen) atoms. The molecule has 3 aromatic carbocycles. The van der Waals surface area contributed by atoms with Crippen molar-refractivity contribution in [2.75, 3.05) is 30.9 Å². The van der Waals surface area contributed by atoms with E-state index in [9.17, 15) is 18.0 Å². The summed E-state index contributed by atoms with van der Waals surface area (Å²) in [4.78, 5) is 29.2. The molecular formula is C38H46Cl2FN3O6S. The zero-order valence-corrected chi connectivity index (χ0v) is 32.4. The number of hydrogen-bond acceptors (Lipinski definition) is 7. The van der Waals surface area contributed by atoms with Crippen molar-refractivity contribution in [1.82, 2.24) is 10.0 Å². The minimum absolute atomic E-state index is 0.136. The smallest absolute Gasteiger partial charge is 0.414 e. The van der Waals surface area contributed by atoms with Gasteiger partial charge in [-0.05, 0) is 103 Å². The number of sulfonamides is 1. The first-order chi connectivity index (χ1) is 23.8. The first-order valence-corrected chi connectivity index (χ1v) is 19.7. The molecule has 2 aliphatic heterocycles. The third kappa shape index (κ3) is 7.87. The average Bonchev–Trinajstić information content (AvgIpc) is 3.37. The van der Waals surface area contributed by atoms with Gasteiger partial charge in [-0.1, -0.05) is 70.0 Å². The van der Waals surface area contributed by atoms with Gasteiger partial charge in [0.2, 0.25) is 10.0 Å². The van der Waals surface area contributed by atoms with Crippen molar-refractivity contribution < 1.29 is 31.9 Å². The van der Waals surface area contributed by atoms with Crippen LogP contribution in [-0.2, 0) is 25.0 Å². The van der Waals surface area contributed by atoms with E-state index < -0.39 is 50.8 Å². The van der Waals surface area contributed by atoms with Crippen LogP contribution in [0, 0.1) is 18.2 Å². The highest BCUT2D eigenvalue weighted by atomic mass is 35.5. The summed E-state index contributed by atoms with van der Waals surface area (Å²) in [5, 5.41) is 4.52. The number of benzene rings is 3. The number of piperidine rings is 1. The van der Waals surface area contributed by atoms with Crippen LogP contribution in [0.1, 0.15) is 88.1 Å². The molecule has 2 N–H and O–H groups in total. The Morgan fingerprint density at radius 2 is 1.69 bits per heavy atom. The summed E-state index contributed by atoms with van der Waals surface area (Å²) in [5.41, 5.74) is 0.818. The summed E-state index contributed by atoms with van der Waals surface area (Å²) in [6.45, 7) is 12.2. The molecule has 1 fully saturated rings. The molecule has 3 aromatic rings. The monoisotopic (exact) mass is 761 g/mol. The number of carbonyl (C=O) groups excluding carboxylic acids is 2. The van der Waals surface area contributed by atoms with Crippen LogP contribution in [-0.4, -0.2) is 52.0 Å². The molecule has 1 spiro atoms. The van der Waals surface area contributed by atoms with E-state index in [1.807, 2.05) is 33.8 Å². The van der Waals surface area contributed by atoms with Gasteiger partial charge in [0.1, 0.15) is 11.6 Å². The van der Waals surface area contributed by atoms with Crippen LogP contribution in [0.3, 0.4) is 0 Å². The van der Waals surface area contributed by atoms with E-state index >= 15 is 4.39 Å². The van der Waals surface area contributed by atoms with Crippen molar-refractivity contribution in [3.8, 4) is 5.75 Å². The number of fused-ring (bicyclic) bond motifs is 2. The SMILES string of the molecule is CCC(CC)(Oc1ccc(Cl)cc1[C@@H]1CCN[C@@H](c2cc(F)ccc2C)[C@@]12CN(C(=O)OCC(C)(C)C)c1cc(Cl)ccc12)C(=O)NS(C)(=O)=O. The molecule has 0 aliphatic carbocycles. The van der Waals surface area contributed by atoms with E-state index in [0.29, 0.717) is 40.0 Å². The van der Waals surface area contributed by atoms with Crippen LogP contribution in [0.5, 0.6) is 5.75 Å². The Labute approximate surface area is 310 Å². The molecule has 2 aliphatic rings. The largest absolute Gasteiger partial charge is 0.477 e. The molecular weight excluding hydrogens is 716 g/mol. The minimum atomic E-state index is -3.89. The molecule has 5 rings (SSSR count). The minimum Gasteiger partial charge on any atom is -0.477 e. The number of anilines is 1. The van der Waals surface area contributed by atoms with E-state index in [-0.39, 0.29) is 31.4 Å². The molecule has 13 heteroatoms. The maximum absolute atomic E-state index is 15.1. The second kappa shape index (κ2) is 14.6. The third-order valence-electron chi connectivity index (χ3n) is 9.98. The molecule has 0 unspecified atom stereocenters. The van der Waals surface area contributed by atoms with E-state index in [2.05, 4.69) is 10.0 Å². The van der Waals surface area contributed by atoms with Crippen LogP contribution >= 0.6 is 23.2 Å². The quantitative estimate of drug-likeness (QED) is 0.226. The molecule has 0 radical (unpaired) electrons. The fourth-order valence-corrected chi connectivity index (χ4v) is 8.36. The summed E-state index contributed by atoms with van der Waals surface area (Å²) >= 11 is 13.3. The Morgan fingerprint density at radius 1 is 1.02 bits per heavy atom. The van der Waals surface area contributed by atoms with Crippen LogP contribution in [0.25, 0.3) is 0 Å². The molecule has 276 valence electrons. The molecule has 0 bridgehead atoms. The van der Waals surface area contributed by atoms with E-state index in [0.717, 1.165) is 22.9 Å². The van der Waals surface area contributed by atoms with Crippen molar-refractivity contribution >= 4 is 50.9 Å². The zero-order valence-electron chi connectivity index (χ0n) is 30.0. The number of nitrogens with one attached hydrogen (secondary N) is 2. The Morgan fingerprint density at radius 3 is 2.33 bits per heavy atom. The summed E-state index contributed by atoms with van der Waals surface area (Å²) in [6.07, 6.45) is 1.26. The fourth-order valence-electron chi connectivity index (χ4n) is 7.49. The third-order valence-corrected chi connectivity index (χ3v) is 11.0. The zero-order chi connectivity index (χ0) is 37.5. The van der Waals surface area contributed by atoms with Gasteiger partial charge in [-0.15, -0.1) is 0 Å². The highest BCUT2D eigenvalue weighted by Crippen LogP contribution is 2.60. The standard InChI is InChI=1S/C38H46Cl2FN3O6S/c1-8-37(9-2,34(45)43-51(7,47)48)50-32-15-12-24(39)18-28(32)29-16-17-42-33(27-20-26(41)13-10-23(27)3)38(29)21-44(35(46)49-22-36(4,5)6)31-19-25(40)11-14-30(31)38/h10-15,18-20,29,33,42H,8-9,16-17,21-22H2,1-7H3,(H,43,45)/t29-,33-,38-/m0/s1. The van der Waals surface area contributed by atoms with Gasteiger partial charge in [-0.25, -0.2) is 22.3 Å². The van der Waals surface area contributed by atoms with Crippen molar-refractivity contribution in [1.29, 1.82) is 0 Å². The Kier molecular flexibility index (Phi) is 11.1.